The van der Waals surface area contributed by atoms with Gasteiger partial charge in [-0.3, -0.25) is 4.90 Å². The highest BCUT2D eigenvalue weighted by Crippen LogP contribution is 2.34. The standard InChI is InChI=1S/C27H28N6O2/c1-18-5-8-20(9-6-18)25-29-27-28-22-4-2-3-21(22)26(33(27)30-25)32-13-11-31(12-14-32)16-19-7-10-23-24(15-19)35-17-34-23/h5-10,15H,2-4,11-14,16-17H2,1H3. The van der Waals surface area contributed by atoms with Crippen molar-refractivity contribution in [1.29, 1.82) is 0 Å². The van der Waals surface area contributed by atoms with Crippen LogP contribution in [0.25, 0.3) is 17.2 Å². The molecule has 4 aromatic rings. The molecule has 0 unspecified atom stereocenters. The molecule has 1 fully saturated rings. The van der Waals surface area contributed by atoms with Gasteiger partial charge in [-0.25, -0.2) is 4.98 Å². The Morgan fingerprint density at radius 2 is 1.71 bits per heavy atom. The van der Waals surface area contributed by atoms with Crippen molar-refractivity contribution < 1.29 is 9.47 Å². The van der Waals surface area contributed by atoms with E-state index in [9.17, 15) is 0 Å². The van der Waals surface area contributed by atoms with Crippen molar-refractivity contribution in [3.8, 4) is 22.9 Å². The summed E-state index contributed by atoms with van der Waals surface area (Å²) in [5.41, 5.74) is 6.06. The van der Waals surface area contributed by atoms with Crippen molar-refractivity contribution in [1.82, 2.24) is 24.5 Å². The predicted octanol–water partition coefficient (Wildman–Crippen LogP) is 3.64. The Kier molecular flexibility index (Phi) is 4.87. The maximum atomic E-state index is 5.56. The molecule has 1 aliphatic carbocycles. The van der Waals surface area contributed by atoms with Crippen LogP contribution in [-0.4, -0.2) is 57.5 Å². The van der Waals surface area contributed by atoms with Gasteiger partial charge < -0.3 is 14.4 Å². The Morgan fingerprint density at radius 3 is 2.57 bits per heavy atom. The molecule has 35 heavy (non-hydrogen) atoms. The molecule has 8 heteroatoms. The zero-order chi connectivity index (χ0) is 23.4. The Morgan fingerprint density at radius 1 is 0.886 bits per heavy atom. The lowest BCUT2D eigenvalue weighted by molar-refractivity contribution is 0.174. The van der Waals surface area contributed by atoms with Gasteiger partial charge in [-0.05, 0) is 43.9 Å². The van der Waals surface area contributed by atoms with E-state index in [0.717, 1.165) is 74.9 Å². The number of piperazine rings is 1. The number of anilines is 1. The second kappa shape index (κ2) is 8.23. The molecule has 0 saturated carbocycles. The van der Waals surface area contributed by atoms with Crippen LogP contribution in [0.15, 0.2) is 42.5 Å². The quantitative estimate of drug-likeness (QED) is 0.453. The largest absolute Gasteiger partial charge is 0.454 e. The summed E-state index contributed by atoms with van der Waals surface area (Å²) in [7, 11) is 0. The Labute approximate surface area is 204 Å². The highest BCUT2D eigenvalue weighted by molar-refractivity contribution is 5.62. The number of benzene rings is 2. The molecule has 0 bridgehead atoms. The van der Waals surface area contributed by atoms with E-state index in [2.05, 4.69) is 53.1 Å². The van der Waals surface area contributed by atoms with Gasteiger partial charge in [-0.15, -0.1) is 5.10 Å². The van der Waals surface area contributed by atoms with E-state index in [0.29, 0.717) is 12.6 Å². The van der Waals surface area contributed by atoms with E-state index < -0.39 is 0 Å². The van der Waals surface area contributed by atoms with Crippen molar-refractivity contribution in [2.45, 2.75) is 32.7 Å². The van der Waals surface area contributed by atoms with E-state index in [1.54, 1.807) is 0 Å². The first-order valence-corrected chi connectivity index (χ1v) is 12.4. The van der Waals surface area contributed by atoms with Gasteiger partial charge in [0.05, 0.1) is 5.69 Å². The molecular formula is C27H28N6O2. The first kappa shape index (κ1) is 20.7. The topological polar surface area (TPSA) is 68.0 Å². The average molecular weight is 469 g/mol. The third kappa shape index (κ3) is 3.69. The minimum Gasteiger partial charge on any atom is -0.454 e. The fraction of sp³-hybridized carbons (Fsp3) is 0.370. The molecule has 8 nitrogen and oxygen atoms in total. The third-order valence-electron chi connectivity index (χ3n) is 7.31. The number of hydrogen-bond donors (Lipinski definition) is 0. The molecule has 2 aromatic heterocycles. The molecule has 0 amide bonds. The summed E-state index contributed by atoms with van der Waals surface area (Å²) in [6, 6.07) is 14.7. The fourth-order valence-electron chi connectivity index (χ4n) is 5.42. The maximum Gasteiger partial charge on any atom is 0.254 e. The molecule has 2 aliphatic heterocycles. The molecule has 2 aromatic carbocycles. The van der Waals surface area contributed by atoms with Gasteiger partial charge in [-0.1, -0.05) is 35.9 Å². The van der Waals surface area contributed by atoms with Crippen LogP contribution in [-0.2, 0) is 19.4 Å². The van der Waals surface area contributed by atoms with Crippen molar-refractivity contribution in [2.75, 3.05) is 37.9 Å². The molecule has 0 spiro atoms. The molecule has 0 radical (unpaired) electrons. The van der Waals surface area contributed by atoms with Gasteiger partial charge in [0.2, 0.25) is 6.79 Å². The van der Waals surface area contributed by atoms with E-state index in [-0.39, 0.29) is 0 Å². The second-order valence-corrected chi connectivity index (χ2v) is 9.68. The van der Waals surface area contributed by atoms with E-state index in [1.165, 1.54) is 28.2 Å². The predicted molar refractivity (Wildman–Crippen MR) is 133 cm³/mol. The minimum atomic E-state index is 0.316. The van der Waals surface area contributed by atoms with Gasteiger partial charge in [0.1, 0.15) is 5.82 Å². The van der Waals surface area contributed by atoms with E-state index in [1.807, 2.05) is 10.6 Å². The van der Waals surface area contributed by atoms with Gasteiger partial charge in [0, 0.05) is 43.9 Å². The summed E-state index contributed by atoms with van der Waals surface area (Å²) in [4.78, 5) is 14.7. The molecular weight excluding hydrogens is 440 g/mol. The van der Waals surface area contributed by atoms with Crippen LogP contribution < -0.4 is 14.4 Å². The number of nitrogens with zero attached hydrogens (tertiary/aromatic N) is 6. The van der Waals surface area contributed by atoms with Crippen LogP contribution in [0, 0.1) is 6.92 Å². The summed E-state index contributed by atoms with van der Waals surface area (Å²) in [5, 5.41) is 4.95. The zero-order valence-corrected chi connectivity index (χ0v) is 19.9. The summed E-state index contributed by atoms with van der Waals surface area (Å²) < 4.78 is 13.0. The third-order valence-corrected chi connectivity index (χ3v) is 7.31. The van der Waals surface area contributed by atoms with Gasteiger partial charge in [-0.2, -0.15) is 9.50 Å². The number of rotatable bonds is 4. The first-order valence-electron chi connectivity index (χ1n) is 12.4. The van der Waals surface area contributed by atoms with Crippen LogP contribution in [0.2, 0.25) is 0 Å². The second-order valence-electron chi connectivity index (χ2n) is 9.68. The van der Waals surface area contributed by atoms with E-state index in [4.69, 9.17) is 24.5 Å². The average Bonchev–Trinajstić information content (AvgIpc) is 3.62. The fourth-order valence-corrected chi connectivity index (χ4v) is 5.42. The summed E-state index contributed by atoms with van der Waals surface area (Å²) in [6.07, 6.45) is 3.23. The number of aryl methyl sites for hydroxylation is 2. The van der Waals surface area contributed by atoms with Crippen LogP contribution in [0.3, 0.4) is 0 Å². The van der Waals surface area contributed by atoms with E-state index >= 15 is 0 Å². The Bertz CT molecular complexity index is 1410. The normalized spacial score (nSPS) is 17.3. The van der Waals surface area contributed by atoms with Gasteiger partial charge in [0.25, 0.3) is 5.78 Å². The maximum absolute atomic E-state index is 5.56. The molecule has 0 atom stereocenters. The SMILES string of the molecule is Cc1ccc(-c2nc3nc4c(c(N5CCN(Cc6ccc7c(c6)OCO7)CC5)n3n2)CCC4)cc1. The van der Waals surface area contributed by atoms with Crippen LogP contribution in [0.1, 0.15) is 28.8 Å². The van der Waals surface area contributed by atoms with Crippen LogP contribution in [0.5, 0.6) is 11.5 Å². The highest BCUT2D eigenvalue weighted by Gasteiger charge is 2.28. The Balaban J connectivity index is 1.15. The molecule has 3 aliphatic rings. The minimum absolute atomic E-state index is 0.316. The van der Waals surface area contributed by atoms with Crippen molar-refractivity contribution in [3.63, 3.8) is 0 Å². The lowest BCUT2D eigenvalue weighted by atomic mass is 10.1. The van der Waals surface area contributed by atoms with Crippen LogP contribution >= 0.6 is 0 Å². The molecule has 4 heterocycles. The number of aromatic nitrogens is 4. The summed E-state index contributed by atoms with van der Waals surface area (Å²) >= 11 is 0. The molecule has 7 rings (SSSR count). The first-order chi connectivity index (χ1) is 17.2. The number of hydrogen-bond acceptors (Lipinski definition) is 7. The molecule has 0 N–H and O–H groups in total. The lowest BCUT2D eigenvalue weighted by Gasteiger charge is -2.36. The highest BCUT2D eigenvalue weighted by atomic mass is 16.7. The lowest BCUT2D eigenvalue weighted by Crippen LogP contribution is -2.47. The number of fused-ring (bicyclic) bond motifs is 3. The molecule has 1 saturated heterocycles. The van der Waals surface area contributed by atoms with Gasteiger partial charge in [0.15, 0.2) is 17.3 Å². The Hall–Kier alpha value is -3.65. The summed E-state index contributed by atoms with van der Waals surface area (Å²) in [5.74, 6) is 4.33. The van der Waals surface area contributed by atoms with Crippen molar-refractivity contribution in [3.05, 3.63) is 64.8 Å². The van der Waals surface area contributed by atoms with Crippen LogP contribution in [0.4, 0.5) is 5.82 Å². The number of ether oxygens (including phenoxy) is 2. The summed E-state index contributed by atoms with van der Waals surface area (Å²) in [6.45, 7) is 7.22. The van der Waals surface area contributed by atoms with Crippen molar-refractivity contribution in [2.24, 2.45) is 0 Å². The van der Waals surface area contributed by atoms with Crippen molar-refractivity contribution >= 4 is 11.6 Å². The zero-order valence-electron chi connectivity index (χ0n) is 19.9. The molecule has 178 valence electrons. The van der Waals surface area contributed by atoms with Gasteiger partial charge >= 0.3 is 0 Å². The smallest absolute Gasteiger partial charge is 0.254 e. The monoisotopic (exact) mass is 468 g/mol.